The van der Waals surface area contributed by atoms with Gasteiger partial charge < -0.3 is 14.9 Å². The van der Waals surface area contributed by atoms with Crippen LogP contribution in [-0.2, 0) is 4.79 Å². The number of nitrogens with zero attached hydrogens (tertiary/aromatic N) is 6. The minimum absolute atomic E-state index is 0.0174. The lowest BCUT2D eigenvalue weighted by Gasteiger charge is -2.41. The summed E-state index contributed by atoms with van der Waals surface area (Å²) in [6, 6.07) is 9.03. The normalized spacial score (nSPS) is 15.2. The van der Waals surface area contributed by atoms with Gasteiger partial charge in [-0.25, -0.2) is 9.37 Å². The first kappa shape index (κ1) is 29.7. The van der Waals surface area contributed by atoms with E-state index in [9.17, 15) is 20.0 Å². The molecule has 220 valence electrons. The van der Waals surface area contributed by atoms with Crippen LogP contribution in [0.3, 0.4) is 0 Å². The van der Waals surface area contributed by atoms with E-state index in [-0.39, 0.29) is 51.1 Å². The third-order valence-electron chi connectivity index (χ3n) is 7.74. The van der Waals surface area contributed by atoms with Crippen LogP contribution in [0.4, 0.5) is 10.1 Å². The maximum atomic E-state index is 15.1. The number of hydrogen-bond donors (Lipinski definition) is 1. The summed E-state index contributed by atoms with van der Waals surface area (Å²) in [4.78, 5) is 39.6. The fourth-order valence-electron chi connectivity index (χ4n) is 5.72. The smallest absolute Gasteiger partial charge is 0.276 e. The number of aromatic nitrogens is 3. The zero-order valence-corrected chi connectivity index (χ0v) is 25.0. The van der Waals surface area contributed by atoms with Crippen LogP contribution in [0.2, 0.25) is 5.02 Å². The van der Waals surface area contributed by atoms with Crippen LogP contribution in [0.5, 0.6) is 5.75 Å². The third-order valence-corrected chi connectivity index (χ3v) is 8.03. The number of fused-ring (bicyclic) bond motifs is 1. The highest BCUT2D eigenvalue weighted by atomic mass is 35.5. The number of amides is 1. The summed E-state index contributed by atoms with van der Waals surface area (Å²) in [6.45, 7) is 12.2. The molecule has 1 aliphatic heterocycles. The molecule has 0 saturated carbocycles. The standard InChI is InChI=1S/C32H30ClFN6O3/c1-6-25(42)39-13-12-38(16-19(39)5)30-20-14-22(33)28(26-23(34)8-7-9-24(26)41)37-31(20)40(32(43)21(30)15-35)29-18(4)10-11-36-27(29)17(2)3/h6-11,14,17,19,41H,1,12-13,16H2,2-5H3/t19-/m1/s1. The van der Waals surface area contributed by atoms with E-state index in [0.29, 0.717) is 42.1 Å². The third kappa shape index (κ3) is 5.00. The molecule has 9 nitrogen and oxygen atoms in total. The Bertz CT molecular complexity index is 1880. The molecule has 4 heterocycles. The second kappa shape index (κ2) is 11.5. The fraction of sp³-hybridized carbons (Fsp3) is 0.281. The lowest BCUT2D eigenvalue weighted by Crippen LogP contribution is -2.54. The first-order chi connectivity index (χ1) is 20.5. The average molecular weight is 601 g/mol. The monoisotopic (exact) mass is 600 g/mol. The zero-order chi connectivity index (χ0) is 31.2. The number of anilines is 1. The van der Waals surface area contributed by atoms with Crippen LogP contribution < -0.4 is 10.5 Å². The Kier molecular flexibility index (Phi) is 7.95. The number of pyridine rings is 3. The van der Waals surface area contributed by atoms with E-state index < -0.39 is 11.4 Å². The number of benzene rings is 1. The summed E-state index contributed by atoms with van der Waals surface area (Å²) in [5.74, 6) is -1.41. The highest BCUT2D eigenvalue weighted by molar-refractivity contribution is 6.34. The summed E-state index contributed by atoms with van der Waals surface area (Å²) in [5, 5.41) is 21.4. The van der Waals surface area contributed by atoms with Gasteiger partial charge in [-0.1, -0.05) is 38.1 Å². The van der Waals surface area contributed by atoms with Crippen LogP contribution in [-0.4, -0.2) is 56.1 Å². The van der Waals surface area contributed by atoms with E-state index in [0.717, 1.165) is 5.56 Å². The zero-order valence-electron chi connectivity index (χ0n) is 24.2. The van der Waals surface area contributed by atoms with Crippen LogP contribution >= 0.6 is 11.6 Å². The lowest BCUT2D eigenvalue weighted by atomic mass is 10.0. The van der Waals surface area contributed by atoms with Crippen LogP contribution in [0.25, 0.3) is 28.0 Å². The van der Waals surface area contributed by atoms with E-state index in [2.05, 4.69) is 17.6 Å². The molecule has 43 heavy (non-hydrogen) atoms. The van der Waals surface area contributed by atoms with Crippen LogP contribution in [0.1, 0.15) is 43.5 Å². The highest BCUT2D eigenvalue weighted by Gasteiger charge is 2.32. The fourth-order valence-corrected chi connectivity index (χ4v) is 5.96. The Hall–Kier alpha value is -4.75. The number of carbonyl (C=O) groups excluding carboxylic acids is 1. The van der Waals surface area contributed by atoms with E-state index >= 15 is 4.39 Å². The van der Waals surface area contributed by atoms with Gasteiger partial charge in [0.2, 0.25) is 5.91 Å². The number of halogens is 2. The molecule has 5 rings (SSSR count). The summed E-state index contributed by atoms with van der Waals surface area (Å²) < 4.78 is 16.4. The van der Waals surface area contributed by atoms with E-state index in [4.69, 9.17) is 16.6 Å². The summed E-state index contributed by atoms with van der Waals surface area (Å²) >= 11 is 6.75. The maximum Gasteiger partial charge on any atom is 0.276 e. The Morgan fingerprint density at radius 3 is 2.65 bits per heavy atom. The van der Waals surface area contributed by atoms with Gasteiger partial charge >= 0.3 is 0 Å². The lowest BCUT2D eigenvalue weighted by molar-refractivity contribution is -0.128. The van der Waals surface area contributed by atoms with Gasteiger partial charge in [0.05, 0.1) is 33.3 Å². The van der Waals surface area contributed by atoms with Crippen molar-refractivity contribution < 1.29 is 14.3 Å². The van der Waals surface area contributed by atoms with Crippen molar-refractivity contribution >= 4 is 34.2 Å². The summed E-state index contributed by atoms with van der Waals surface area (Å²) in [6.07, 6.45) is 2.91. The SMILES string of the molecule is C=CC(=O)N1CCN(c2c(C#N)c(=O)n(-c3c(C)ccnc3C(C)C)c3nc(-c4c(O)cccc4F)c(Cl)cc23)C[C@H]1C. The van der Waals surface area contributed by atoms with Crippen molar-refractivity contribution in [1.29, 1.82) is 5.26 Å². The minimum Gasteiger partial charge on any atom is -0.507 e. The van der Waals surface area contributed by atoms with Gasteiger partial charge in [-0.3, -0.25) is 19.1 Å². The number of nitriles is 1. The molecule has 11 heteroatoms. The molecule has 1 atom stereocenters. The molecule has 0 aliphatic carbocycles. The second-order valence-corrected chi connectivity index (χ2v) is 11.3. The summed E-state index contributed by atoms with van der Waals surface area (Å²) in [5.41, 5.74) is 1.21. The molecule has 0 bridgehead atoms. The predicted molar refractivity (Wildman–Crippen MR) is 164 cm³/mol. The first-order valence-electron chi connectivity index (χ1n) is 13.8. The van der Waals surface area contributed by atoms with Gasteiger partial charge in [-0.15, -0.1) is 0 Å². The quantitative estimate of drug-likeness (QED) is 0.302. The maximum absolute atomic E-state index is 15.1. The van der Waals surface area contributed by atoms with Gasteiger partial charge in [0.25, 0.3) is 5.56 Å². The average Bonchev–Trinajstić information content (AvgIpc) is 2.97. The number of rotatable bonds is 5. The topological polar surface area (TPSA) is 115 Å². The number of carbonyl (C=O) groups is 1. The van der Waals surface area contributed by atoms with Gasteiger partial charge in [0.15, 0.2) is 0 Å². The Labute approximate surface area is 253 Å². The van der Waals surface area contributed by atoms with Crippen molar-refractivity contribution in [2.75, 3.05) is 24.5 Å². The molecule has 4 aromatic rings. The molecule has 1 saturated heterocycles. The van der Waals surface area contributed by atoms with Crippen molar-refractivity contribution in [2.24, 2.45) is 0 Å². The Morgan fingerprint density at radius 1 is 1.28 bits per heavy atom. The molecule has 1 aromatic carbocycles. The molecule has 1 aliphatic rings. The van der Waals surface area contributed by atoms with E-state index in [1.54, 1.807) is 23.2 Å². The van der Waals surface area contributed by atoms with Crippen molar-refractivity contribution in [3.8, 4) is 28.8 Å². The van der Waals surface area contributed by atoms with E-state index in [1.165, 1.54) is 28.8 Å². The molecule has 1 fully saturated rings. The van der Waals surface area contributed by atoms with Crippen LogP contribution in [0.15, 0.2) is 54.0 Å². The van der Waals surface area contributed by atoms with Gasteiger partial charge in [-0.2, -0.15) is 5.26 Å². The molecule has 3 aromatic heterocycles. The Balaban J connectivity index is 1.90. The molecule has 0 unspecified atom stereocenters. The molecular weight excluding hydrogens is 571 g/mol. The molecule has 0 radical (unpaired) electrons. The van der Waals surface area contributed by atoms with Crippen molar-refractivity contribution in [3.63, 3.8) is 0 Å². The highest BCUT2D eigenvalue weighted by Crippen LogP contribution is 2.40. The number of aromatic hydroxyl groups is 1. The molecular formula is C32H30ClFN6O3. The number of piperazine rings is 1. The van der Waals surface area contributed by atoms with Crippen molar-refractivity contribution in [3.05, 3.63) is 87.2 Å². The van der Waals surface area contributed by atoms with Gasteiger partial charge in [0.1, 0.15) is 28.8 Å². The molecule has 1 amide bonds. The predicted octanol–water partition coefficient (Wildman–Crippen LogP) is 5.47. The summed E-state index contributed by atoms with van der Waals surface area (Å²) in [7, 11) is 0. The Morgan fingerprint density at radius 2 is 2.02 bits per heavy atom. The van der Waals surface area contributed by atoms with Gasteiger partial charge in [0, 0.05) is 37.3 Å². The van der Waals surface area contributed by atoms with Crippen molar-refractivity contribution in [1.82, 2.24) is 19.4 Å². The van der Waals surface area contributed by atoms with Gasteiger partial charge in [-0.05, 0) is 55.7 Å². The molecule has 1 N–H and O–H groups in total. The largest absolute Gasteiger partial charge is 0.507 e. The minimum atomic E-state index is -0.742. The van der Waals surface area contributed by atoms with Crippen LogP contribution in [0, 0.1) is 24.1 Å². The first-order valence-corrected chi connectivity index (χ1v) is 14.2. The van der Waals surface area contributed by atoms with E-state index in [1.807, 2.05) is 32.6 Å². The molecule has 0 spiro atoms. The second-order valence-electron chi connectivity index (χ2n) is 10.8. The number of hydrogen-bond acceptors (Lipinski definition) is 7. The number of phenolic OH excluding ortho intramolecular Hbond substituents is 1. The number of phenols is 1. The van der Waals surface area contributed by atoms with Crippen molar-refractivity contribution in [2.45, 2.75) is 39.7 Å². The number of aryl methyl sites for hydroxylation is 1.